The van der Waals surface area contributed by atoms with E-state index < -0.39 is 10.8 Å². The molecule has 0 spiro atoms. The molecule has 1 fully saturated rings. The molecule has 19 heavy (non-hydrogen) atoms. The number of hydrogen-bond donors (Lipinski definition) is 1. The Balaban J connectivity index is 2.27. The molecule has 0 aromatic carbocycles. The lowest BCUT2D eigenvalue weighted by molar-refractivity contribution is -0.141. The third kappa shape index (κ3) is 6.15. The summed E-state index contributed by atoms with van der Waals surface area (Å²) in [5.41, 5.74) is -0.204. The largest absolute Gasteiger partial charge is 0.469 e. The first kappa shape index (κ1) is 16.1. The summed E-state index contributed by atoms with van der Waals surface area (Å²) in [4.78, 5) is 22.7. The van der Waals surface area contributed by atoms with Crippen LogP contribution in [0.2, 0.25) is 0 Å². The van der Waals surface area contributed by atoms with Gasteiger partial charge in [-0.2, -0.15) is 0 Å². The number of amides is 1. The van der Waals surface area contributed by atoms with Crippen LogP contribution in [0.3, 0.4) is 0 Å². The molecule has 1 aliphatic rings. The lowest BCUT2D eigenvalue weighted by Crippen LogP contribution is -2.32. The number of rotatable bonds is 9. The first-order chi connectivity index (χ1) is 9.01. The molecular formula is C12H21NO5S. The summed E-state index contributed by atoms with van der Waals surface area (Å²) in [6.45, 7) is 0.852. The smallest absolute Gasteiger partial charge is 0.306 e. The number of ether oxygens (including phenoxy) is 2. The maximum absolute atomic E-state index is 11.9. The first-order valence-electron chi connectivity index (χ1n) is 6.19. The zero-order valence-corrected chi connectivity index (χ0v) is 12.2. The molecule has 1 rings (SSSR count). The average molecular weight is 291 g/mol. The van der Waals surface area contributed by atoms with E-state index in [0.29, 0.717) is 25.3 Å². The van der Waals surface area contributed by atoms with E-state index in [2.05, 4.69) is 10.1 Å². The molecule has 1 amide bonds. The number of nitrogens with one attached hydrogen (secondary N) is 1. The summed E-state index contributed by atoms with van der Waals surface area (Å²) < 4.78 is 21.3. The Morgan fingerprint density at radius 2 is 2.00 bits per heavy atom. The molecule has 6 nitrogen and oxygen atoms in total. The van der Waals surface area contributed by atoms with Crippen molar-refractivity contribution in [2.75, 3.05) is 38.9 Å². The predicted molar refractivity (Wildman–Crippen MR) is 71.1 cm³/mol. The number of methoxy groups -OCH3 is 2. The number of hydrogen-bond acceptors (Lipinski definition) is 5. The van der Waals surface area contributed by atoms with Gasteiger partial charge in [-0.3, -0.25) is 13.8 Å². The summed E-state index contributed by atoms with van der Waals surface area (Å²) in [5.74, 6) is -0.157. The van der Waals surface area contributed by atoms with Crippen LogP contribution in [-0.2, 0) is 29.9 Å². The summed E-state index contributed by atoms with van der Waals surface area (Å²) in [6, 6.07) is 0. The van der Waals surface area contributed by atoms with E-state index in [1.54, 1.807) is 7.11 Å². The molecule has 0 radical (unpaired) electrons. The van der Waals surface area contributed by atoms with Gasteiger partial charge in [-0.1, -0.05) is 0 Å². The zero-order chi connectivity index (χ0) is 14.3. The molecular weight excluding hydrogens is 270 g/mol. The third-order valence-corrected chi connectivity index (χ3v) is 4.61. The quantitative estimate of drug-likeness (QED) is 0.471. The van der Waals surface area contributed by atoms with Gasteiger partial charge in [-0.15, -0.1) is 0 Å². The van der Waals surface area contributed by atoms with Crippen LogP contribution < -0.4 is 5.32 Å². The SMILES string of the molecule is COCCNC(=O)CS(=O)CC1(CC(=O)OC)CC1. The van der Waals surface area contributed by atoms with Gasteiger partial charge in [0.2, 0.25) is 5.91 Å². The molecule has 1 atom stereocenters. The van der Waals surface area contributed by atoms with E-state index >= 15 is 0 Å². The highest BCUT2D eigenvalue weighted by molar-refractivity contribution is 7.85. The molecule has 0 bridgehead atoms. The lowest BCUT2D eigenvalue weighted by atomic mass is 10.1. The monoisotopic (exact) mass is 291 g/mol. The van der Waals surface area contributed by atoms with Gasteiger partial charge in [0.25, 0.3) is 0 Å². The summed E-state index contributed by atoms with van der Waals surface area (Å²) in [6.07, 6.45) is 2.04. The Hall–Kier alpha value is -0.950. The highest BCUT2D eigenvalue weighted by atomic mass is 32.2. The second-order valence-corrected chi connectivity index (χ2v) is 6.28. The minimum absolute atomic E-state index is 0.0212. The average Bonchev–Trinajstić information content (AvgIpc) is 3.08. The Bertz CT molecular complexity index is 354. The van der Waals surface area contributed by atoms with Crippen molar-refractivity contribution in [3.63, 3.8) is 0 Å². The van der Waals surface area contributed by atoms with E-state index in [1.165, 1.54) is 7.11 Å². The van der Waals surface area contributed by atoms with Crippen LogP contribution >= 0.6 is 0 Å². The number of esters is 1. The molecule has 0 saturated heterocycles. The fourth-order valence-electron chi connectivity index (χ4n) is 1.81. The van der Waals surface area contributed by atoms with Gasteiger partial charge in [0.05, 0.1) is 20.1 Å². The van der Waals surface area contributed by atoms with Crippen LogP contribution in [0.4, 0.5) is 0 Å². The van der Waals surface area contributed by atoms with Gasteiger partial charge in [0.1, 0.15) is 5.75 Å². The maximum atomic E-state index is 11.9. The van der Waals surface area contributed by atoms with Gasteiger partial charge in [0, 0.05) is 30.2 Å². The van der Waals surface area contributed by atoms with Crippen molar-refractivity contribution in [1.82, 2.24) is 5.32 Å². The molecule has 0 heterocycles. The Labute approximate surface area is 115 Å². The third-order valence-electron chi connectivity index (χ3n) is 3.09. The Morgan fingerprint density at radius 3 is 2.53 bits per heavy atom. The zero-order valence-electron chi connectivity index (χ0n) is 11.4. The van der Waals surface area contributed by atoms with Crippen LogP contribution in [0.25, 0.3) is 0 Å². The van der Waals surface area contributed by atoms with Crippen molar-refractivity contribution >= 4 is 22.7 Å². The molecule has 1 aliphatic carbocycles. The molecule has 0 aliphatic heterocycles. The second kappa shape index (κ2) is 7.59. The predicted octanol–water partition coefficient (Wildman–Crippen LogP) is -0.159. The summed E-state index contributed by atoms with van der Waals surface area (Å²) in [7, 11) is 1.65. The first-order valence-corrected chi connectivity index (χ1v) is 7.67. The normalized spacial score (nSPS) is 17.6. The van der Waals surface area contributed by atoms with E-state index in [-0.39, 0.29) is 23.0 Å². The van der Waals surface area contributed by atoms with Crippen molar-refractivity contribution in [3.8, 4) is 0 Å². The minimum atomic E-state index is -1.24. The standard InChI is InChI=1S/C12H21NO5S/c1-17-6-5-13-10(14)8-19(16)9-12(3-4-12)7-11(15)18-2/h3-9H2,1-2H3,(H,13,14). The fourth-order valence-corrected chi connectivity index (χ4v) is 3.38. The van der Waals surface area contributed by atoms with Gasteiger partial charge < -0.3 is 14.8 Å². The van der Waals surface area contributed by atoms with Crippen LogP contribution in [-0.4, -0.2) is 55.0 Å². The molecule has 1 N–H and O–H groups in total. The topological polar surface area (TPSA) is 81.7 Å². The van der Waals surface area contributed by atoms with Crippen LogP contribution in [0.15, 0.2) is 0 Å². The molecule has 110 valence electrons. The van der Waals surface area contributed by atoms with Crippen LogP contribution in [0.1, 0.15) is 19.3 Å². The van der Waals surface area contributed by atoms with Crippen LogP contribution in [0, 0.1) is 5.41 Å². The lowest BCUT2D eigenvalue weighted by Gasteiger charge is -2.13. The van der Waals surface area contributed by atoms with Crippen molar-refractivity contribution in [2.45, 2.75) is 19.3 Å². The summed E-state index contributed by atoms with van der Waals surface area (Å²) in [5, 5.41) is 2.62. The van der Waals surface area contributed by atoms with Gasteiger partial charge in [-0.25, -0.2) is 0 Å². The van der Waals surface area contributed by atoms with Gasteiger partial charge in [0.15, 0.2) is 0 Å². The van der Waals surface area contributed by atoms with Crippen molar-refractivity contribution < 1.29 is 23.3 Å². The highest BCUT2D eigenvalue weighted by Crippen LogP contribution is 2.49. The van der Waals surface area contributed by atoms with E-state index in [4.69, 9.17) is 4.74 Å². The molecule has 7 heteroatoms. The molecule has 0 aromatic rings. The maximum Gasteiger partial charge on any atom is 0.306 e. The van der Waals surface area contributed by atoms with Crippen molar-refractivity contribution in [3.05, 3.63) is 0 Å². The second-order valence-electron chi connectivity index (χ2n) is 4.82. The summed E-state index contributed by atoms with van der Waals surface area (Å²) >= 11 is 0. The highest BCUT2D eigenvalue weighted by Gasteiger charge is 2.46. The Kier molecular flexibility index (Phi) is 6.44. The van der Waals surface area contributed by atoms with E-state index in [9.17, 15) is 13.8 Å². The molecule has 1 saturated carbocycles. The van der Waals surface area contributed by atoms with Crippen LogP contribution in [0.5, 0.6) is 0 Å². The van der Waals surface area contributed by atoms with E-state index in [0.717, 1.165) is 12.8 Å². The minimum Gasteiger partial charge on any atom is -0.469 e. The number of carbonyl (C=O) groups is 2. The fraction of sp³-hybridized carbons (Fsp3) is 0.833. The van der Waals surface area contributed by atoms with Crippen molar-refractivity contribution in [2.24, 2.45) is 5.41 Å². The molecule has 1 unspecified atom stereocenters. The van der Waals surface area contributed by atoms with Crippen molar-refractivity contribution in [1.29, 1.82) is 0 Å². The number of carbonyl (C=O) groups excluding carboxylic acids is 2. The Morgan fingerprint density at radius 1 is 1.32 bits per heavy atom. The van der Waals surface area contributed by atoms with E-state index in [1.807, 2.05) is 0 Å². The van der Waals surface area contributed by atoms with Gasteiger partial charge in [-0.05, 0) is 18.3 Å². The van der Waals surface area contributed by atoms with Gasteiger partial charge >= 0.3 is 5.97 Å². The molecule has 0 aromatic heterocycles.